The smallest absolute Gasteiger partial charge is 0.264 e. The van der Waals surface area contributed by atoms with Crippen LogP contribution >= 0.6 is 0 Å². The normalized spacial score (nSPS) is 16.8. The molecule has 1 atom stereocenters. The summed E-state index contributed by atoms with van der Waals surface area (Å²) in [6.07, 6.45) is 3.64. The van der Waals surface area contributed by atoms with Crippen LogP contribution in [0.5, 0.6) is 0 Å². The molecule has 1 aliphatic rings. The first-order valence-electron chi connectivity index (χ1n) is 9.65. The molecular formula is C22H26N4O2S. The van der Waals surface area contributed by atoms with Gasteiger partial charge in [0.15, 0.2) is 0 Å². The van der Waals surface area contributed by atoms with Crippen LogP contribution < -0.4 is 9.21 Å². The van der Waals surface area contributed by atoms with Crippen LogP contribution in [0.3, 0.4) is 0 Å². The lowest BCUT2D eigenvalue weighted by Crippen LogP contribution is -2.48. The average molecular weight is 411 g/mol. The number of hydrogen-bond acceptors (Lipinski definition) is 4. The number of hydrogen-bond donors (Lipinski definition) is 0. The molecule has 0 spiro atoms. The maximum atomic E-state index is 13.9. The minimum Gasteiger partial charge on any atom is -0.368 e. The molecule has 29 heavy (non-hydrogen) atoms. The Morgan fingerprint density at radius 3 is 2.48 bits per heavy atom. The minimum atomic E-state index is -3.73. The Hall–Kier alpha value is -2.80. The van der Waals surface area contributed by atoms with E-state index in [0.717, 1.165) is 33.6 Å². The molecule has 0 bridgehead atoms. The minimum absolute atomic E-state index is 0.0703. The SMILES string of the molecule is Cc1ccc(-c2cnn(C)c2)cc1S(=O)(=O)N1C[C@H](C)N(C)c2cccc(C)c21. The zero-order valence-electron chi connectivity index (χ0n) is 17.4. The van der Waals surface area contributed by atoms with Gasteiger partial charge in [-0.15, -0.1) is 0 Å². The number of benzene rings is 2. The second kappa shape index (κ2) is 6.91. The van der Waals surface area contributed by atoms with E-state index in [1.54, 1.807) is 21.3 Å². The van der Waals surface area contributed by atoms with E-state index in [1.807, 2.05) is 71.4 Å². The van der Waals surface area contributed by atoms with Crippen molar-refractivity contribution in [3.05, 3.63) is 59.9 Å². The van der Waals surface area contributed by atoms with Gasteiger partial charge in [-0.2, -0.15) is 5.10 Å². The Morgan fingerprint density at radius 1 is 1.03 bits per heavy atom. The van der Waals surface area contributed by atoms with Crippen molar-refractivity contribution in [2.75, 3.05) is 22.8 Å². The molecule has 0 saturated carbocycles. The van der Waals surface area contributed by atoms with Gasteiger partial charge >= 0.3 is 0 Å². The number of aryl methyl sites for hydroxylation is 3. The van der Waals surface area contributed by atoms with Crippen molar-refractivity contribution >= 4 is 21.4 Å². The quantitative estimate of drug-likeness (QED) is 0.660. The van der Waals surface area contributed by atoms with E-state index in [2.05, 4.69) is 10.00 Å². The number of fused-ring (bicyclic) bond motifs is 1. The van der Waals surface area contributed by atoms with E-state index in [9.17, 15) is 8.42 Å². The standard InChI is InChI=1S/C22H26N4O2S/c1-15-9-10-18(19-12-23-24(4)14-19)11-21(15)29(27,28)26-13-17(3)25(5)20-8-6-7-16(2)22(20)26/h6-12,14,17H,13H2,1-5H3/t17-/m0/s1. The molecular weight excluding hydrogens is 384 g/mol. The molecule has 3 aromatic rings. The number of para-hydroxylation sites is 1. The fourth-order valence-electron chi connectivity index (χ4n) is 3.91. The second-order valence-corrected chi connectivity index (χ2v) is 9.65. The summed E-state index contributed by atoms with van der Waals surface area (Å²) in [5.41, 5.74) is 5.12. The third-order valence-electron chi connectivity index (χ3n) is 5.73. The lowest BCUT2D eigenvalue weighted by Gasteiger charge is -2.41. The largest absolute Gasteiger partial charge is 0.368 e. The Labute approximate surface area is 172 Å². The number of rotatable bonds is 3. The summed E-state index contributed by atoms with van der Waals surface area (Å²) in [6.45, 7) is 6.27. The van der Waals surface area contributed by atoms with Gasteiger partial charge in [0.05, 0.1) is 29.0 Å². The van der Waals surface area contributed by atoms with Crippen molar-refractivity contribution in [3.63, 3.8) is 0 Å². The summed E-state index contributed by atoms with van der Waals surface area (Å²) in [5.74, 6) is 0. The summed E-state index contributed by atoms with van der Waals surface area (Å²) in [5, 5.41) is 4.21. The summed E-state index contributed by atoms with van der Waals surface area (Å²) in [7, 11) is 0.134. The van der Waals surface area contributed by atoms with Gasteiger partial charge in [0.25, 0.3) is 10.0 Å². The molecule has 7 heteroatoms. The van der Waals surface area contributed by atoms with Crippen molar-refractivity contribution in [1.29, 1.82) is 0 Å². The van der Waals surface area contributed by atoms with Gasteiger partial charge in [0.2, 0.25) is 0 Å². The fraction of sp³-hybridized carbons (Fsp3) is 0.318. The highest BCUT2D eigenvalue weighted by molar-refractivity contribution is 7.93. The Kier molecular flexibility index (Phi) is 4.65. The molecule has 1 aliphatic heterocycles. The predicted molar refractivity (Wildman–Crippen MR) is 117 cm³/mol. The first-order chi connectivity index (χ1) is 13.7. The van der Waals surface area contributed by atoms with Crippen LogP contribution in [-0.4, -0.2) is 37.8 Å². The van der Waals surface area contributed by atoms with Crippen molar-refractivity contribution in [2.24, 2.45) is 7.05 Å². The van der Waals surface area contributed by atoms with Crippen LogP contribution in [0.1, 0.15) is 18.1 Å². The molecule has 0 aliphatic carbocycles. The highest BCUT2D eigenvalue weighted by Crippen LogP contribution is 2.41. The molecule has 152 valence electrons. The summed E-state index contributed by atoms with van der Waals surface area (Å²) >= 11 is 0. The predicted octanol–water partition coefficient (Wildman–Crippen LogP) is 3.74. The van der Waals surface area contributed by atoms with Gasteiger partial charge in [0.1, 0.15) is 0 Å². The number of aromatic nitrogens is 2. The number of likely N-dealkylation sites (N-methyl/N-ethyl adjacent to an activating group) is 1. The fourth-order valence-corrected chi connectivity index (χ4v) is 5.79. The molecule has 0 amide bonds. The monoisotopic (exact) mass is 410 g/mol. The van der Waals surface area contributed by atoms with E-state index in [0.29, 0.717) is 11.4 Å². The van der Waals surface area contributed by atoms with Crippen molar-refractivity contribution in [3.8, 4) is 11.1 Å². The van der Waals surface area contributed by atoms with Crippen LogP contribution in [-0.2, 0) is 17.1 Å². The molecule has 0 N–H and O–H groups in total. The molecule has 0 fully saturated rings. The maximum absolute atomic E-state index is 13.9. The van der Waals surface area contributed by atoms with Crippen molar-refractivity contribution in [2.45, 2.75) is 31.7 Å². The highest BCUT2D eigenvalue weighted by atomic mass is 32.2. The summed E-state index contributed by atoms with van der Waals surface area (Å²) in [6, 6.07) is 11.6. The zero-order valence-corrected chi connectivity index (χ0v) is 18.2. The average Bonchev–Trinajstić information content (AvgIpc) is 3.11. The summed E-state index contributed by atoms with van der Waals surface area (Å²) < 4.78 is 31.0. The van der Waals surface area contributed by atoms with Crippen molar-refractivity contribution < 1.29 is 8.42 Å². The van der Waals surface area contributed by atoms with E-state index in [4.69, 9.17) is 0 Å². The first kappa shape index (κ1) is 19.5. The van der Waals surface area contributed by atoms with E-state index >= 15 is 0 Å². The third kappa shape index (κ3) is 3.19. The maximum Gasteiger partial charge on any atom is 0.264 e. The molecule has 2 heterocycles. The van der Waals surface area contributed by atoms with Crippen molar-refractivity contribution in [1.82, 2.24) is 9.78 Å². The van der Waals surface area contributed by atoms with Crippen LogP contribution in [0.4, 0.5) is 11.4 Å². The van der Waals surface area contributed by atoms with E-state index < -0.39 is 10.0 Å². The zero-order chi connectivity index (χ0) is 20.9. The van der Waals surface area contributed by atoms with Gasteiger partial charge in [-0.1, -0.05) is 24.3 Å². The lowest BCUT2D eigenvalue weighted by atomic mass is 10.1. The molecule has 2 aromatic carbocycles. The van der Waals surface area contributed by atoms with Crippen LogP contribution in [0.2, 0.25) is 0 Å². The van der Waals surface area contributed by atoms with Gasteiger partial charge in [-0.25, -0.2) is 8.42 Å². The lowest BCUT2D eigenvalue weighted by molar-refractivity contribution is 0.578. The van der Waals surface area contributed by atoms with E-state index in [1.165, 1.54) is 0 Å². The molecule has 6 nitrogen and oxygen atoms in total. The number of anilines is 2. The Morgan fingerprint density at radius 2 is 1.79 bits per heavy atom. The Balaban J connectivity index is 1.87. The number of nitrogens with zero attached hydrogens (tertiary/aromatic N) is 4. The van der Waals surface area contributed by atoms with Gasteiger partial charge in [-0.05, 0) is 49.6 Å². The van der Waals surface area contributed by atoms with Crippen LogP contribution in [0.15, 0.2) is 53.7 Å². The van der Waals surface area contributed by atoms with Crippen LogP contribution in [0.25, 0.3) is 11.1 Å². The molecule has 0 radical (unpaired) electrons. The number of sulfonamides is 1. The summed E-state index contributed by atoms with van der Waals surface area (Å²) in [4.78, 5) is 2.48. The molecule has 1 aromatic heterocycles. The Bertz CT molecular complexity index is 1180. The third-order valence-corrected chi connectivity index (χ3v) is 7.64. The van der Waals surface area contributed by atoms with Crippen LogP contribution in [0, 0.1) is 13.8 Å². The topological polar surface area (TPSA) is 58.4 Å². The van der Waals surface area contributed by atoms with E-state index in [-0.39, 0.29) is 6.04 Å². The molecule has 4 rings (SSSR count). The first-order valence-corrected chi connectivity index (χ1v) is 11.1. The van der Waals surface area contributed by atoms with Gasteiger partial charge < -0.3 is 4.90 Å². The highest BCUT2D eigenvalue weighted by Gasteiger charge is 2.36. The molecule has 0 unspecified atom stereocenters. The van der Waals surface area contributed by atoms with Gasteiger partial charge in [-0.3, -0.25) is 8.99 Å². The second-order valence-electron chi connectivity index (χ2n) is 7.82. The molecule has 0 saturated heterocycles. The van der Waals surface area contributed by atoms with Gasteiger partial charge in [0, 0.05) is 31.9 Å².